The van der Waals surface area contributed by atoms with E-state index in [0.717, 1.165) is 0 Å². The largest absolute Gasteiger partial charge is 0.480 e. The molecule has 0 bridgehead atoms. The summed E-state index contributed by atoms with van der Waals surface area (Å²) in [6.07, 6.45) is 2.84. The Morgan fingerprint density at radius 1 is 0.732 bits per heavy atom. The highest BCUT2D eigenvalue weighted by atomic mass is 16.4. The minimum Gasteiger partial charge on any atom is -0.480 e. The molecule has 0 aromatic carbocycles. The number of carboxylic acid groups (broad SMARTS) is 1. The Morgan fingerprint density at radius 3 is 1.71 bits per heavy atom. The van der Waals surface area contributed by atoms with Crippen molar-refractivity contribution in [3.05, 3.63) is 0 Å². The van der Waals surface area contributed by atoms with Crippen LogP contribution in [0.5, 0.6) is 0 Å². The van der Waals surface area contributed by atoms with Crippen LogP contribution in [0.3, 0.4) is 0 Å². The van der Waals surface area contributed by atoms with Gasteiger partial charge in [0.1, 0.15) is 24.2 Å². The maximum atomic E-state index is 13.4. The molecule has 15 heteroatoms. The van der Waals surface area contributed by atoms with E-state index in [-0.39, 0.29) is 43.7 Å². The van der Waals surface area contributed by atoms with Crippen molar-refractivity contribution < 1.29 is 29.1 Å². The number of carbonyl (C=O) groups excluding carboxylic acids is 4. The van der Waals surface area contributed by atoms with Gasteiger partial charge in [0.05, 0.1) is 6.54 Å². The van der Waals surface area contributed by atoms with E-state index in [1.807, 2.05) is 13.8 Å². The monoisotopic (exact) mass is 585 g/mol. The van der Waals surface area contributed by atoms with Crippen molar-refractivity contribution in [2.45, 2.75) is 96.8 Å². The average Bonchev–Trinajstić information content (AvgIpc) is 2.93. The molecule has 15 nitrogen and oxygen atoms in total. The zero-order chi connectivity index (χ0) is 31.5. The SMILES string of the molecule is CCC(C)C(NC(=O)CN)C(=O)NC(CCCCN)C(=O)NC(C(=O)NC(CCCN=C(N)N)C(=O)O)C(C)CC. The van der Waals surface area contributed by atoms with Crippen LogP contribution in [0.1, 0.15) is 72.6 Å². The first kappa shape index (κ1) is 37.5. The Kier molecular flexibility index (Phi) is 18.7. The minimum atomic E-state index is -1.24. The number of nitrogens with one attached hydrogen (secondary N) is 4. The van der Waals surface area contributed by atoms with Crippen molar-refractivity contribution in [2.75, 3.05) is 19.6 Å². The fraction of sp³-hybridized carbons (Fsp3) is 0.769. The van der Waals surface area contributed by atoms with Gasteiger partial charge in [0.2, 0.25) is 23.6 Å². The standard InChI is InChI=1S/C26H51N9O6/c1-5-15(3)20(34-19(36)14-28)23(38)32-17(10-7-8-12-27)22(37)35-21(16(4)6-2)24(39)33-18(25(40)41)11-9-13-31-26(29)30/h15-18,20-21H,5-14,27-28H2,1-4H3,(H,32,38)(H,33,39)(H,34,36)(H,35,37)(H,40,41)(H4,29,30,31). The topological polar surface area (TPSA) is 270 Å². The fourth-order valence-corrected chi connectivity index (χ4v) is 3.94. The summed E-state index contributed by atoms with van der Waals surface area (Å²) in [6.45, 7) is 7.54. The number of hydrogen-bond acceptors (Lipinski definition) is 8. The molecule has 0 spiro atoms. The van der Waals surface area contributed by atoms with E-state index < -0.39 is 53.8 Å². The molecule has 0 radical (unpaired) electrons. The average molecular weight is 586 g/mol. The van der Waals surface area contributed by atoms with E-state index in [4.69, 9.17) is 22.9 Å². The molecule has 0 aromatic heterocycles. The number of nitrogens with zero attached hydrogens (tertiary/aromatic N) is 1. The molecule has 0 saturated heterocycles. The lowest BCUT2D eigenvalue weighted by molar-refractivity contribution is -0.143. The lowest BCUT2D eigenvalue weighted by atomic mass is 9.96. The number of unbranched alkanes of at least 4 members (excludes halogenated alkanes) is 1. The molecule has 0 aliphatic rings. The molecular formula is C26H51N9O6. The third kappa shape index (κ3) is 14.7. The number of guanidine groups is 1. The smallest absolute Gasteiger partial charge is 0.326 e. The lowest BCUT2D eigenvalue weighted by Gasteiger charge is -2.29. The van der Waals surface area contributed by atoms with Crippen molar-refractivity contribution >= 4 is 35.6 Å². The predicted octanol–water partition coefficient (Wildman–Crippen LogP) is -1.76. The third-order valence-electron chi connectivity index (χ3n) is 6.93. The molecule has 0 heterocycles. The molecule has 0 aromatic rings. The number of rotatable bonds is 21. The molecule has 6 atom stereocenters. The number of aliphatic carboxylic acids is 1. The van der Waals surface area contributed by atoms with Crippen LogP contribution in [0.2, 0.25) is 0 Å². The van der Waals surface area contributed by atoms with Gasteiger partial charge < -0.3 is 49.3 Å². The van der Waals surface area contributed by atoms with Crippen molar-refractivity contribution in [2.24, 2.45) is 39.8 Å². The van der Waals surface area contributed by atoms with Crippen LogP contribution >= 0.6 is 0 Å². The highest BCUT2D eigenvalue weighted by Crippen LogP contribution is 2.13. The highest BCUT2D eigenvalue weighted by Gasteiger charge is 2.34. The van der Waals surface area contributed by atoms with Crippen molar-refractivity contribution in [3.8, 4) is 0 Å². The Morgan fingerprint density at radius 2 is 1.24 bits per heavy atom. The van der Waals surface area contributed by atoms with Crippen molar-refractivity contribution in [1.82, 2.24) is 21.3 Å². The molecule has 0 aliphatic carbocycles. The summed E-state index contributed by atoms with van der Waals surface area (Å²) in [7, 11) is 0. The van der Waals surface area contributed by atoms with Crippen LogP contribution < -0.4 is 44.2 Å². The number of hydrogen-bond donors (Lipinski definition) is 9. The molecule has 0 fully saturated rings. The first-order valence-electron chi connectivity index (χ1n) is 14.2. The number of nitrogens with two attached hydrogens (primary N) is 4. The molecule has 6 unspecified atom stereocenters. The summed E-state index contributed by atoms with van der Waals surface area (Å²) in [5.74, 6) is -4.28. The zero-order valence-electron chi connectivity index (χ0n) is 24.8. The van der Waals surface area contributed by atoms with Gasteiger partial charge in [-0.05, 0) is 50.5 Å². The number of aliphatic imine (C=N–C) groups is 1. The molecule has 0 saturated carbocycles. The highest BCUT2D eigenvalue weighted by molar-refractivity contribution is 5.95. The summed E-state index contributed by atoms with van der Waals surface area (Å²) in [6, 6.07) is -4.22. The number of amides is 4. The molecule has 236 valence electrons. The van der Waals surface area contributed by atoms with Gasteiger partial charge in [-0.3, -0.25) is 24.2 Å². The second kappa shape index (κ2) is 20.4. The van der Waals surface area contributed by atoms with Gasteiger partial charge in [0.25, 0.3) is 0 Å². The van der Waals surface area contributed by atoms with E-state index in [1.165, 1.54) is 0 Å². The van der Waals surface area contributed by atoms with Gasteiger partial charge in [-0.2, -0.15) is 0 Å². The quantitative estimate of drug-likeness (QED) is 0.0416. The van der Waals surface area contributed by atoms with E-state index >= 15 is 0 Å². The van der Waals surface area contributed by atoms with Gasteiger partial charge in [0.15, 0.2) is 5.96 Å². The molecule has 41 heavy (non-hydrogen) atoms. The third-order valence-corrected chi connectivity index (χ3v) is 6.93. The second-order valence-corrected chi connectivity index (χ2v) is 10.2. The predicted molar refractivity (Wildman–Crippen MR) is 156 cm³/mol. The maximum absolute atomic E-state index is 13.4. The minimum absolute atomic E-state index is 0.0717. The van der Waals surface area contributed by atoms with Gasteiger partial charge in [-0.15, -0.1) is 0 Å². The number of carboxylic acids is 1. The lowest BCUT2D eigenvalue weighted by Crippen LogP contribution is -2.60. The Labute approximate surface area is 242 Å². The molecule has 0 aliphatic heterocycles. The zero-order valence-corrected chi connectivity index (χ0v) is 24.8. The van der Waals surface area contributed by atoms with Crippen LogP contribution in [-0.2, 0) is 24.0 Å². The van der Waals surface area contributed by atoms with Crippen molar-refractivity contribution in [3.63, 3.8) is 0 Å². The van der Waals surface area contributed by atoms with E-state index in [1.54, 1.807) is 13.8 Å². The summed E-state index contributed by atoms with van der Waals surface area (Å²) in [5, 5.41) is 20.1. The summed E-state index contributed by atoms with van der Waals surface area (Å²) < 4.78 is 0. The van der Waals surface area contributed by atoms with Gasteiger partial charge >= 0.3 is 5.97 Å². The van der Waals surface area contributed by atoms with Crippen LogP contribution in [0.15, 0.2) is 4.99 Å². The normalized spacial score (nSPS) is 15.3. The summed E-state index contributed by atoms with van der Waals surface area (Å²) >= 11 is 0. The fourth-order valence-electron chi connectivity index (χ4n) is 3.94. The maximum Gasteiger partial charge on any atom is 0.326 e. The van der Waals surface area contributed by atoms with Gasteiger partial charge in [-0.1, -0.05) is 40.5 Å². The van der Waals surface area contributed by atoms with E-state index in [9.17, 15) is 29.1 Å². The second-order valence-electron chi connectivity index (χ2n) is 10.2. The van der Waals surface area contributed by atoms with Crippen LogP contribution in [0, 0.1) is 11.8 Å². The van der Waals surface area contributed by atoms with Crippen LogP contribution in [0.25, 0.3) is 0 Å². The number of carbonyl (C=O) groups is 5. The Hall–Kier alpha value is -3.46. The van der Waals surface area contributed by atoms with Gasteiger partial charge in [0, 0.05) is 6.54 Å². The Bertz CT molecular complexity index is 882. The van der Waals surface area contributed by atoms with E-state index in [2.05, 4.69) is 26.3 Å². The van der Waals surface area contributed by atoms with E-state index in [0.29, 0.717) is 38.6 Å². The molecular weight excluding hydrogens is 534 g/mol. The van der Waals surface area contributed by atoms with Crippen molar-refractivity contribution in [1.29, 1.82) is 0 Å². The molecule has 0 rings (SSSR count). The summed E-state index contributed by atoms with van der Waals surface area (Å²) in [4.78, 5) is 67.4. The Balaban J connectivity index is 5.81. The summed E-state index contributed by atoms with van der Waals surface area (Å²) in [5.41, 5.74) is 21.6. The molecule has 13 N–H and O–H groups in total. The van der Waals surface area contributed by atoms with Crippen LogP contribution in [-0.4, -0.2) is 84.5 Å². The first-order valence-corrected chi connectivity index (χ1v) is 14.2. The van der Waals surface area contributed by atoms with Gasteiger partial charge in [-0.25, -0.2) is 4.79 Å². The van der Waals surface area contributed by atoms with Crippen LogP contribution in [0.4, 0.5) is 0 Å². The molecule has 4 amide bonds. The first-order chi connectivity index (χ1) is 19.3.